The largest absolute Gasteiger partial charge is 0.371 e. The number of allylic oxidation sites excluding steroid dienone is 2. The fraction of sp³-hybridized carbons (Fsp3) is 0.486. The van der Waals surface area contributed by atoms with Crippen molar-refractivity contribution in [2.45, 2.75) is 37.8 Å². The van der Waals surface area contributed by atoms with Crippen LogP contribution in [0.4, 0.5) is 11.4 Å². The maximum atomic E-state index is 14.1. The number of nitrogens with one attached hydrogen (secondary N) is 2. The number of carbonyl (C=O) groups excluding carboxylic acids is 2. The standard InChI is InChI=1S/C35H44Cl2N6O4S/c1-48(46,47)43-19-17-40(18-20-43)25-26-21-31(36)30(32(37)22-26)24-33(44)27-7-9-35(10-8-27,42-15-11-38-12-16-42)34(45)39-28-5-4-6-29(23-28)41-13-2-3-14-41/h4-9,21-23,38H,2-3,10-20,24-25H2,1H3,(H,39,45). The highest BCUT2D eigenvalue weighted by atomic mass is 35.5. The van der Waals surface area contributed by atoms with Gasteiger partial charge in [0.15, 0.2) is 5.78 Å². The van der Waals surface area contributed by atoms with Crippen LogP contribution in [-0.4, -0.2) is 111 Å². The summed E-state index contributed by atoms with van der Waals surface area (Å²) < 4.78 is 25.2. The second-order valence-electron chi connectivity index (χ2n) is 13.1. The summed E-state index contributed by atoms with van der Waals surface area (Å²) in [7, 11) is -3.20. The first-order valence-electron chi connectivity index (χ1n) is 16.7. The van der Waals surface area contributed by atoms with Crippen molar-refractivity contribution in [3.05, 3.63) is 81.4 Å². The molecule has 0 radical (unpaired) electrons. The summed E-state index contributed by atoms with van der Waals surface area (Å²) in [5, 5.41) is 7.41. The lowest BCUT2D eigenvalue weighted by Gasteiger charge is -2.43. The Hall–Kier alpha value is -2.77. The summed E-state index contributed by atoms with van der Waals surface area (Å²) in [6.07, 6.45) is 9.54. The van der Waals surface area contributed by atoms with E-state index in [2.05, 4.69) is 31.4 Å². The molecule has 4 aliphatic rings. The summed E-state index contributed by atoms with van der Waals surface area (Å²) in [4.78, 5) is 34.4. The molecule has 1 aliphatic carbocycles. The number of anilines is 2. The van der Waals surface area contributed by atoms with E-state index < -0.39 is 15.6 Å². The van der Waals surface area contributed by atoms with Crippen LogP contribution in [0.15, 0.2) is 60.2 Å². The number of carbonyl (C=O) groups is 2. The first-order chi connectivity index (χ1) is 23.0. The van der Waals surface area contributed by atoms with E-state index in [-0.39, 0.29) is 18.1 Å². The van der Waals surface area contributed by atoms with Gasteiger partial charge in [-0.25, -0.2) is 8.42 Å². The number of benzene rings is 2. The van der Waals surface area contributed by atoms with Gasteiger partial charge in [0.2, 0.25) is 15.9 Å². The molecule has 6 rings (SSSR count). The van der Waals surface area contributed by atoms with Crippen LogP contribution in [-0.2, 0) is 32.6 Å². The minimum absolute atomic E-state index is 0.0390. The van der Waals surface area contributed by atoms with E-state index in [4.69, 9.17) is 23.2 Å². The fourth-order valence-corrected chi connectivity index (χ4v) is 8.59. The number of nitrogens with zero attached hydrogens (tertiary/aromatic N) is 4. The second kappa shape index (κ2) is 15.0. The molecule has 1 atom stereocenters. The molecular weight excluding hydrogens is 671 g/mol. The molecule has 0 spiro atoms. The Kier molecular flexibility index (Phi) is 11.0. The SMILES string of the molecule is CS(=O)(=O)N1CCN(Cc2cc(Cl)c(CC(=O)C3=CCC(C(=O)Nc4cccc(N5CCCC5)c4)(N4CCNCC4)C=C3)c(Cl)c2)CC1. The monoisotopic (exact) mass is 714 g/mol. The number of rotatable bonds is 10. The van der Waals surface area contributed by atoms with E-state index >= 15 is 0 Å². The van der Waals surface area contributed by atoms with Crippen molar-refractivity contribution in [1.29, 1.82) is 0 Å². The van der Waals surface area contributed by atoms with Crippen molar-refractivity contribution in [1.82, 2.24) is 19.4 Å². The fourth-order valence-electron chi connectivity index (χ4n) is 7.10. The Morgan fingerprint density at radius 2 is 1.62 bits per heavy atom. The minimum atomic E-state index is -3.20. The van der Waals surface area contributed by atoms with Crippen LogP contribution in [0.2, 0.25) is 10.0 Å². The van der Waals surface area contributed by atoms with Crippen molar-refractivity contribution < 1.29 is 18.0 Å². The maximum absolute atomic E-state index is 14.1. The van der Waals surface area contributed by atoms with Crippen LogP contribution in [0.3, 0.4) is 0 Å². The van der Waals surface area contributed by atoms with Crippen molar-refractivity contribution >= 4 is 56.3 Å². The third-order valence-electron chi connectivity index (χ3n) is 9.89. The zero-order valence-electron chi connectivity index (χ0n) is 27.4. The van der Waals surface area contributed by atoms with Gasteiger partial charge in [-0.05, 0) is 60.7 Å². The summed E-state index contributed by atoms with van der Waals surface area (Å²) in [6, 6.07) is 11.7. The Morgan fingerprint density at radius 1 is 0.938 bits per heavy atom. The highest BCUT2D eigenvalue weighted by Gasteiger charge is 2.43. The molecule has 2 N–H and O–H groups in total. The van der Waals surface area contributed by atoms with Gasteiger partial charge in [0, 0.05) is 105 Å². The van der Waals surface area contributed by atoms with E-state index in [1.165, 1.54) is 23.4 Å². The molecule has 48 heavy (non-hydrogen) atoms. The molecule has 3 heterocycles. The summed E-state index contributed by atoms with van der Waals surface area (Å²) in [5.74, 6) is -0.228. The Balaban J connectivity index is 1.12. The van der Waals surface area contributed by atoms with Gasteiger partial charge < -0.3 is 15.5 Å². The van der Waals surface area contributed by atoms with Crippen molar-refractivity contribution in [3.8, 4) is 0 Å². The maximum Gasteiger partial charge on any atom is 0.249 e. The number of sulfonamides is 1. The highest BCUT2D eigenvalue weighted by molar-refractivity contribution is 7.88. The number of halogens is 2. The molecule has 3 fully saturated rings. The van der Waals surface area contributed by atoms with E-state index in [0.717, 1.165) is 43.1 Å². The molecule has 3 saturated heterocycles. The third kappa shape index (κ3) is 7.99. The number of hydrogen-bond acceptors (Lipinski definition) is 8. The summed E-state index contributed by atoms with van der Waals surface area (Å²) in [5.41, 5.74) is 2.97. The van der Waals surface area contributed by atoms with Crippen LogP contribution in [0.5, 0.6) is 0 Å². The third-order valence-corrected chi connectivity index (χ3v) is 11.9. The predicted molar refractivity (Wildman–Crippen MR) is 192 cm³/mol. The van der Waals surface area contributed by atoms with Gasteiger partial charge in [-0.1, -0.05) is 47.5 Å². The normalized spacial score (nSPS) is 22.9. The van der Waals surface area contributed by atoms with Crippen LogP contribution in [0.25, 0.3) is 0 Å². The first kappa shape index (κ1) is 35.1. The highest BCUT2D eigenvalue weighted by Crippen LogP contribution is 2.33. The topological polar surface area (TPSA) is 105 Å². The lowest BCUT2D eigenvalue weighted by atomic mass is 9.83. The molecule has 1 unspecified atom stereocenters. The van der Waals surface area contributed by atoms with Gasteiger partial charge in [-0.2, -0.15) is 4.31 Å². The average molecular weight is 716 g/mol. The van der Waals surface area contributed by atoms with E-state index in [1.54, 1.807) is 6.08 Å². The molecule has 2 aromatic carbocycles. The predicted octanol–water partition coefficient (Wildman–Crippen LogP) is 3.95. The molecular formula is C35H44Cl2N6O4S. The smallest absolute Gasteiger partial charge is 0.249 e. The number of piperazine rings is 2. The minimum Gasteiger partial charge on any atom is -0.371 e. The van der Waals surface area contributed by atoms with Crippen LogP contribution in [0.1, 0.15) is 30.4 Å². The molecule has 258 valence electrons. The molecule has 1 amide bonds. The lowest BCUT2D eigenvalue weighted by molar-refractivity contribution is -0.126. The van der Waals surface area contributed by atoms with Gasteiger partial charge in [-0.15, -0.1) is 0 Å². The molecule has 0 saturated carbocycles. The molecule has 2 aromatic rings. The van der Waals surface area contributed by atoms with Crippen LogP contribution >= 0.6 is 23.2 Å². The van der Waals surface area contributed by atoms with E-state index in [1.807, 2.05) is 42.5 Å². The van der Waals surface area contributed by atoms with Gasteiger partial charge in [-0.3, -0.25) is 19.4 Å². The summed E-state index contributed by atoms with van der Waals surface area (Å²) >= 11 is 13.4. The number of Topliss-reactive ketones (excluding diaryl/α,β-unsaturated/α-hetero) is 1. The number of hydrogen-bond donors (Lipinski definition) is 2. The van der Waals surface area contributed by atoms with Crippen molar-refractivity contribution in [2.75, 3.05) is 81.9 Å². The van der Waals surface area contributed by atoms with Crippen LogP contribution in [0, 0.1) is 0 Å². The Morgan fingerprint density at radius 3 is 2.25 bits per heavy atom. The second-order valence-corrected chi connectivity index (χ2v) is 15.9. The van der Waals surface area contributed by atoms with E-state index in [0.29, 0.717) is 73.4 Å². The molecule has 0 aromatic heterocycles. The summed E-state index contributed by atoms with van der Waals surface area (Å²) in [6.45, 7) is 7.75. The van der Waals surface area contributed by atoms with Crippen molar-refractivity contribution in [3.63, 3.8) is 0 Å². The quantitative estimate of drug-likeness (QED) is 0.382. The first-order valence-corrected chi connectivity index (χ1v) is 19.3. The van der Waals surface area contributed by atoms with E-state index in [9.17, 15) is 18.0 Å². The molecule has 0 bridgehead atoms. The Bertz CT molecular complexity index is 1670. The number of amides is 1. The number of ketones is 1. The lowest BCUT2D eigenvalue weighted by Crippen LogP contribution is -2.61. The van der Waals surface area contributed by atoms with Gasteiger partial charge in [0.1, 0.15) is 5.54 Å². The van der Waals surface area contributed by atoms with Gasteiger partial charge >= 0.3 is 0 Å². The zero-order valence-corrected chi connectivity index (χ0v) is 29.7. The van der Waals surface area contributed by atoms with Gasteiger partial charge in [0.25, 0.3) is 0 Å². The molecule has 10 nitrogen and oxygen atoms in total. The van der Waals surface area contributed by atoms with Gasteiger partial charge in [0.05, 0.1) is 6.26 Å². The Labute approximate surface area is 293 Å². The van der Waals surface area contributed by atoms with Crippen molar-refractivity contribution in [2.24, 2.45) is 0 Å². The zero-order chi connectivity index (χ0) is 33.9. The van der Waals surface area contributed by atoms with Crippen LogP contribution < -0.4 is 15.5 Å². The molecule has 3 aliphatic heterocycles. The molecule has 13 heteroatoms. The average Bonchev–Trinajstić information content (AvgIpc) is 3.62.